The van der Waals surface area contributed by atoms with Crippen LogP contribution in [0.25, 0.3) is 0 Å². The molecule has 0 N–H and O–H groups in total. The molecule has 0 radical (unpaired) electrons. The summed E-state index contributed by atoms with van der Waals surface area (Å²) in [5.41, 5.74) is 6.05. The van der Waals surface area contributed by atoms with Crippen LogP contribution in [0.1, 0.15) is 0 Å². The van der Waals surface area contributed by atoms with Crippen LogP contribution in [-0.2, 0) is 0 Å². The van der Waals surface area contributed by atoms with Crippen molar-refractivity contribution in [2.24, 2.45) is 0 Å². The van der Waals surface area contributed by atoms with E-state index in [1.165, 1.54) is 22.5 Å². The lowest BCUT2D eigenvalue weighted by molar-refractivity contribution is 0.487. The van der Waals surface area contributed by atoms with Crippen molar-refractivity contribution in [3.05, 3.63) is 169 Å². The van der Waals surface area contributed by atoms with Crippen molar-refractivity contribution >= 4 is 80.7 Å². The molecule has 0 atom stereocenters. The van der Waals surface area contributed by atoms with Crippen LogP contribution < -0.4 is 46.8 Å². The Morgan fingerprint density at radius 3 is 1.73 bits per heavy atom. The second-order valence-electron chi connectivity index (χ2n) is 12.7. The van der Waals surface area contributed by atoms with Crippen molar-refractivity contribution < 1.29 is 13.5 Å². The van der Waals surface area contributed by atoms with E-state index < -0.39 is 8.07 Å². The topological polar surface area (TPSA) is 12.5 Å². The summed E-state index contributed by atoms with van der Waals surface area (Å²) in [7, 11) is -3.24. The lowest BCUT2D eigenvalue weighted by Crippen LogP contribution is -2.77. The van der Waals surface area contributed by atoms with Gasteiger partial charge in [-0.25, -0.2) is 8.78 Å². The highest BCUT2D eigenvalue weighted by Crippen LogP contribution is 2.47. The van der Waals surface area contributed by atoms with Gasteiger partial charge in [-0.2, -0.15) is 0 Å². The van der Waals surface area contributed by atoms with Crippen LogP contribution in [0.4, 0.5) is 25.8 Å². The normalized spacial score (nSPS) is 14.5. The van der Waals surface area contributed by atoms with Crippen molar-refractivity contribution in [1.29, 1.82) is 0 Å². The molecule has 0 saturated heterocycles. The predicted octanol–water partition coefficient (Wildman–Crippen LogP) is 6.21. The number of fused-ring (bicyclic) bond motifs is 6. The Morgan fingerprint density at radius 2 is 1.08 bits per heavy atom. The Kier molecular flexibility index (Phi) is 6.32. The van der Waals surface area contributed by atoms with Gasteiger partial charge in [0.25, 0.3) is 6.71 Å². The molecule has 0 spiro atoms. The van der Waals surface area contributed by atoms with Crippen LogP contribution in [0.5, 0.6) is 11.5 Å². The lowest BCUT2D eigenvalue weighted by atomic mass is 9.35. The molecule has 0 unspecified atom stereocenters. The molecule has 0 bridgehead atoms. The summed E-state index contributed by atoms with van der Waals surface area (Å²) in [4.78, 5) is 4.55. The van der Waals surface area contributed by atoms with Gasteiger partial charge in [0.2, 0.25) is 0 Å². The summed E-state index contributed by atoms with van der Waals surface area (Å²) >= 11 is 1.76. The number of halogens is 2. The zero-order valence-electron chi connectivity index (χ0n) is 26.1. The third-order valence-corrected chi connectivity index (χ3v) is 16.2. The van der Waals surface area contributed by atoms with E-state index in [9.17, 15) is 0 Å². The van der Waals surface area contributed by atoms with Gasteiger partial charge in [0.05, 0.1) is 5.69 Å². The Morgan fingerprint density at radius 1 is 0.531 bits per heavy atom. The first-order valence-electron chi connectivity index (χ1n) is 16.3. The van der Waals surface area contributed by atoms with Crippen LogP contribution in [0.15, 0.2) is 168 Å². The SMILES string of the molecule is Fc1ccc2c(c1)[Si](c1ccccc1)(c1ccccc1)c1cc(F)ccc1N2c1ccc2c3c1Oc1ccccc1B3c1ccccc1S2. The van der Waals surface area contributed by atoms with E-state index in [1.807, 2.05) is 60.7 Å². The molecule has 0 fully saturated rings. The predicted molar refractivity (Wildman–Crippen MR) is 200 cm³/mol. The zero-order chi connectivity index (χ0) is 32.7. The first-order chi connectivity index (χ1) is 24.1. The summed E-state index contributed by atoms with van der Waals surface area (Å²) in [5.74, 6) is 0.926. The van der Waals surface area contributed by atoms with E-state index in [-0.39, 0.29) is 18.3 Å². The fraction of sp³-hybridized carbons (Fsp3) is 0. The molecule has 3 aliphatic rings. The maximum absolute atomic E-state index is 15.7. The van der Waals surface area contributed by atoms with Crippen LogP contribution in [0.2, 0.25) is 0 Å². The lowest BCUT2D eigenvalue weighted by Gasteiger charge is -2.46. The molecule has 2 nitrogen and oxygen atoms in total. The Balaban J connectivity index is 1.30. The van der Waals surface area contributed by atoms with E-state index in [2.05, 4.69) is 77.7 Å². The highest BCUT2D eigenvalue weighted by Gasteiger charge is 2.50. The monoisotopic (exact) mass is 669 g/mol. The molecule has 0 aromatic heterocycles. The van der Waals surface area contributed by atoms with E-state index in [0.717, 1.165) is 65.1 Å². The Bertz CT molecular complexity index is 2350. The standard InChI is InChI=1S/C42H26BF2NOSSi/c44-27-19-21-33-39(25-27)49(29-11-3-1-4-12-29,30-13-5-2-6-14-30)40-26-28(45)20-22-34(40)46(33)35-23-24-38-41-42(35)47-36-17-9-7-15-31(36)43(41)32-16-8-10-18-37(32)48-38/h1-26H. The fourth-order valence-corrected chi connectivity index (χ4v) is 14.5. The summed E-state index contributed by atoms with van der Waals surface area (Å²) in [6, 6.07) is 51.8. The van der Waals surface area contributed by atoms with E-state index in [4.69, 9.17) is 4.74 Å². The number of ether oxygens (including phenoxy) is 1. The molecule has 0 aliphatic carbocycles. The second-order valence-corrected chi connectivity index (χ2v) is 17.5. The molecule has 3 aliphatic heterocycles. The van der Waals surface area contributed by atoms with Crippen LogP contribution in [0, 0.1) is 11.6 Å². The van der Waals surface area contributed by atoms with Gasteiger partial charge >= 0.3 is 0 Å². The number of hydrogen-bond donors (Lipinski definition) is 0. The van der Waals surface area contributed by atoms with Crippen LogP contribution >= 0.6 is 11.8 Å². The highest BCUT2D eigenvalue weighted by atomic mass is 32.2. The van der Waals surface area contributed by atoms with Crippen molar-refractivity contribution in [2.45, 2.75) is 9.79 Å². The minimum atomic E-state index is -3.24. The average Bonchev–Trinajstić information content (AvgIpc) is 3.15. The van der Waals surface area contributed by atoms with Crippen molar-refractivity contribution in [2.75, 3.05) is 4.90 Å². The van der Waals surface area contributed by atoms with Gasteiger partial charge in [0.15, 0.2) is 8.07 Å². The summed E-state index contributed by atoms with van der Waals surface area (Å²) in [6.07, 6.45) is 0. The van der Waals surface area contributed by atoms with Crippen molar-refractivity contribution in [3.8, 4) is 11.5 Å². The Labute approximate surface area is 288 Å². The largest absolute Gasteiger partial charge is 0.456 e. The number of benzene rings is 7. The van der Waals surface area contributed by atoms with E-state index in [0.29, 0.717) is 0 Å². The molecule has 0 saturated carbocycles. The van der Waals surface area contributed by atoms with E-state index in [1.54, 1.807) is 23.9 Å². The molecule has 0 amide bonds. The second kappa shape index (κ2) is 10.8. The van der Waals surface area contributed by atoms with Gasteiger partial charge in [-0.3, -0.25) is 0 Å². The molecule has 7 heteroatoms. The third kappa shape index (κ3) is 4.06. The zero-order valence-corrected chi connectivity index (χ0v) is 27.9. The number of hydrogen-bond acceptors (Lipinski definition) is 3. The number of para-hydroxylation sites is 1. The average molecular weight is 670 g/mol. The maximum Gasteiger partial charge on any atom is 0.253 e. The third-order valence-electron chi connectivity index (χ3n) is 10.2. The Hall–Kier alpha value is -5.37. The maximum atomic E-state index is 15.7. The molecule has 10 rings (SSSR count). The minimum absolute atomic E-state index is 0.0142. The summed E-state index contributed by atoms with van der Waals surface area (Å²) < 4.78 is 38.3. The minimum Gasteiger partial charge on any atom is -0.456 e. The summed E-state index contributed by atoms with van der Waals surface area (Å²) in [5, 5.41) is 3.84. The van der Waals surface area contributed by atoms with Crippen molar-refractivity contribution in [1.82, 2.24) is 0 Å². The number of rotatable bonds is 3. The van der Waals surface area contributed by atoms with Gasteiger partial charge in [-0.1, -0.05) is 114 Å². The molecule has 7 aromatic rings. The fourth-order valence-electron chi connectivity index (χ4n) is 8.25. The molecular weight excluding hydrogens is 643 g/mol. The smallest absolute Gasteiger partial charge is 0.253 e. The van der Waals surface area contributed by atoms with Crippen LogP contribution in [-0.4, -0.2) is 14.8 Å². The van der Waals surface area contributed by atoms with Gasteiger partial charge in [0.1, 0.15) is 23.1 Å². The summed E-state index contributed by atoms with van der Waals surface area (Å²) in [6.45, 7) is -0.0142. The molecule has 7 aromatic carbocycles. The quantitative estimate of drug-likeness (QED) is 0.208. The first kappa shape index (κ1) is 28.6. The van der Waals surface area contributed by atoms with E-state index >= 15 is 8.78 Å². The van der Waals surface area contributed by atoms with Gasteiger partial charge in [-0.15, -0.1) is 0 Å². The van der Waals surface area contributed by atoms with Gasteiger partial charge < -0.3 is 9.64 Å². The van der Waals surface area contributed by atoms with Crippen LogP contribution in [0.3, 0.4) is 0 Å². The first-order valence-corrected chi connectivity index (χ1v) is 19.2. The van der Waals surface area contributed by atoms with Gasteiger partial charge in [0, 0.05) is 21.2 Å². The number of nitrogens with zero attached hydrogens (tertiary/aromatic N) is 1. The molecule has 49 heavy (non-hydrogen) atoms. The van der Waals surface area contributed by atoms with Crippen molar-refractivity contribution in [3.63, 3.8) is 0 Å². The van der Waals surface area contributed by atoms with Gasteiger partial charge in [-0.05, 0) is 92.3 Å². The highest BCUT2D eigenvalue weighted by molar-refractivity contribution is 8.00. The molecule has 3 heterocycles. The molecule has 232 valence electrons. The number of anilines is 3. The molecular formula is C42H26BF2NOSSi.